The van der Waals surface area contributed by atoms with Gasteiger partial charge in [0.05, 0.1) is 13.1 Å². The first-order valence-corrected chi connectivity index (χ1v) is 5.09. The number of nitrogens with zero attached hydrogens (tertiary/aromatic N) is 1. The first-order valence-electron chi connectivity index (χ1n) is 5.09. The Hall–Kier alpha value is -1.10. The second-order valence-electron chi connectivity index (χ2n) is 4.62. The van der Waals surface area contributed by atoms with Crippen molar-refractivity contribution in [2.24, 2.45) is 0 Å². The maximum absolute atomic E-state index is 11.6. The van der Waals surface area contributed by atoms with Gasteiger partial charge in [0.25, 0.3) is 0 Å². The van der Waals surface area contributed by atoms with E-state index >= 15 is 0 Å². The van der Waals surface area contributed by atoms with E-state index in [9.17, 15) is 9.59 Å². The molecular weight excluding hydrogens is 196 g/mol. The molecule has 0 unspecified atom stereocenters. The van der Waals surface area contributed by atoms with E-state index in [0.717, 1.165) is 0 Å². The second-order valence-corrected chi connectivity index (χ2v) is 4.62. The van der Waals surface area contributed by atoms with Crippen LogP contribution in [0.15, 0.2) is 0 Å². The molecule has 0 bridgehead atoms. The molecule has 0 aromatic rings. The molecule has 0 radical (unpaired) electrons. The van der Waals surface area contributed by atoms with Crippen molar-refractivity contribution in [1.29, 1.82) is 0 Å². The molecule has 1 heterocycles. The summed E-state index contributed by atoms with van der Waals surface area (Å²) in [7, 11) is 0. The van der Waals surface area contributed by atoms with Gasteiger partial charge in [-0.2, -0.15) is 0 Å². The number of hydrogen-bond acceptors (Lipinski definition) is 4. The van der Waals surface area contributed by atoms with Gasteiger partial charge < -0.3 is 10.1 Å². The summed E-state index contributed by atoms with van der Waals surface area (Å²) in [6.45, 7) is 7.04. The van der Waals surface area contributed by atoms with Crippen LogP contribution in [0.3, 0.4) is 0 Å². The normalized spacial score (nSPS) is 18.6. The van der Waals surface area contributed by atoms with E-state index in [2.05, 4.69) is 5.32 Å². The van der Waals surface area contributed by atoms with Crippen LogP contribution in [0.25, 0.3) is 0 Å². The van der Waals surface area contributed by atoms with Crippen molar-refractivity contribution >= 4 is 11.9 Å². The van der Waals surface area contributed by atoms with E-state index < -0.39 is 11.7 Å². The number of ether oxygens (including phenoxy) is 1. The van der Waals surface area contributed by atoms with Crippen molar-refractivity contribution in [2.75, 3.05) is 26.2 Å². The zero-order valence-corrected chi connectivity index (χ0v) is 9.50. The highest BCUT2D eigenvalue weighted by Gasteiger charge is 2.24. The van der Waals surface area contributed by atoms with Gasteiger partial charge in [0.1, 0.15) is 5.60 Å². The molecule has 1 amide bonds. The number of amides is 1. The maximum Gasteiger partial charge on any atom is 0.410 e. The summed E-state index contributed by atoms with van der Waals surface area (Å²) in [6.07, 6.45) is -0.417. The largest absolute Gasteiger partial charge is 0.444 e. The number of carbonyl (C=O) groups excluding carboxylic acids is 2. The molecule has 1 N–H and O–H groups in total. The highest BCUT2D eigenvalue weighted by atomic mass is 16.6. The van der Waals surface area contributed by atoms with Crippen LogP contribution in [0.1, 0.15) is 20.8 Å². The topological polar surface area (TPSA) is 58.6 Å². The van der Waals surface area contributed by atoms with Crippen molar-refractivity contribution in [3.63, 3.8) is 0 Å². The van der Waals surface area contributed by atoms with E-state index in [4.69, 9.17) is 4.74 Å². The molecule has 1 fully saturated rings. The van der Waals surface area contributed by atoms with Crippen LogP contribution in [-0.4, -0.2) is 48.6 Å². The number of carbonyl (C=O) groups is 2. The number of rotatable bonds is 0. The highest BCUT2D eigenvalue weighted by molar-refractivity contribution is 5.86. The Morgan fingerprint density at radius 2 is 2.13 bits per heavy atom. The smallest absolute Gasteiger partial charge is 0.410 e. The Labute approximate surface area is 89.8 Å². The molecule has 0 atom stereocenters. The molecular formula is C10H18N2O3. The summed E-state index contributed by atoms with van der Waals surface area (Å²) in [5, 5.41) is 2.95. The molecule has 86 valence electrons. The zero-order valence-electron chi connectivity index (χ0n) is 9.50. The van der Waals surface area contributed by atoms with Crippen molar-refractivity contribution in [2.45, 2.75) is 26.4 Å². The summed E-state index contributed by atoms with van der Waals surface area (Å²) < 4.78 is 5.19. The van der Waals surface area contributed by atoms with Crippen LogP contribution in [0, 0.1) is 0 Å². The Kier molecular flexibility index (Phi) is 3.68. The van der Waals surface area contributed by atoms with E-state index in [0.29, 0.717) is 19.6 Å². The Morgan fingerprint density at radius 1 is 1.47 bits per heavy atom. The Balaban J connectivity index is 2.54. The molecule has 1 rings (SSSR count). The zero-order chi connectivity index (χ0) is 11.5. The fourth-order valence-corrected chi connectivity index (χ4v) is 1.27. The monoisotopic (exact) mass is 214 g/mol. The number of ketones is 1. The van der Waals surface area contributed by atoms with Gasteiger partial charge in [-0.3, -0.25) is 9.69 Å². The van der Waals surface area contributed by atoms with Crippen molar-refractivity contribution < 1.29 is 14.3 Å². The summed E-state index contributed by atoms with van der Waals surface area (Å²) >= 11 is 0. The van der Waals surface area contributed by atoms with Gasteiger partial charge in [-0.1, -0.05) is 0 Å². The quantitative estimate of drug-likeness (QED) is 0.634. The first-order chi connectivity index (χ1) is 6.88. The molecule has 5 nitrogen and oxygen atoms in total. The lowest BCUT2D eigenvalue weighted by Gasteiger charge is -2.25. The van der Waals surface area contributed by atoms with Gasteiger partial charge in [0.15, 0.2) is 5.78 Å². The van der Waals surface area contributed by atoms with Crippen LogP contribution >= 0.6 is 0 Å². The van der Waals surface area contributed by atoms with E-state index in [1.165, 1.54) is 4.90 Å². The summed E-state index contributed by atoms with van der Waals surface area (Å²) in [5.74, 6) is 0.0124. The molecule has 0 aromatic heterocycles. The average molecular weight is 214 g/mol. The van der Waals surface area contributed by atoms with E-state index in [1.807, 2.05) is 20.8 Å². The van der Waals surface area contributed by atoms with Crippen molar-refractivity contribution in [3.05, 3.63) is 0 Å². The van der Waals surface area contributed by atoms with Crippen LogP contribution in [0.2, 0.25) is 0 Å². The summed E-state index contributed by atoms with van der Waals surface area (Å²) in [5.41, 5.74) is -0.514. The van der Waals surface area contributed by atoms with Gasteiger partial charge in [-0.05, 0) is 20.8 Å². The lowest BCUT2D eigenvalue weighted by Crippen LogP contribution is -2.40. The summed E-state index contributed by atoms with van der Waals surface area (Å²) in [6, 6.07) is 0. The Bertz CT molecular complexity index is 258. The fourth-order valence-electron chi connectivity index (χ4n) is 1.27. The average Bonchev–Trinajstić information content (AvgIpc) is 2.26. The highest BCUT2D eigenvalue weighted by Crippen LogP contribution is 2.10. The van der Waals surface area contributed by atoms with Crippen LogP contribution in [-0.2, 0) is 9.53 Å². The van der Waals surface area contributed by atoms with Crippen LogP contribution in [0.4, 0.5) is 4.79 Å². The number of Topliss-reactive ketones (excluding diaryl/α,β-unsaturated/α-hetero) is 1. The maximum atomic E-state index is 11.6. The lowest BCUT2D eigenvalue weighted by atomic mass is 10.2. The minimum absolute atomic E-state index is 0.0124. The standard InChI is InChI=1S/C10H18N2O3/c1-10(2,3)15-9(14)12-5-4-11-6-8(13)7-12/h11H,4-7H2,1-3H3. The molecule has 1 aliphatic rings. The molecule has 15 heavy (non-hydrogen) atoms. The van der Waals surface area contributed by atoms with Gasteiger partial charge in [0.2, 0.25) is 0 Å². The third-order valence-electron chi connectivity index (χ3n) is 1.90. The van der Waals surface area contributed by atoms with Crippen LogP contribution < -0.4 is 5.32 Å². The molecule has 0 saturated carbocycles. The minimum atomic E-state index is -0.514. The predicted molar refractivity (Wildman–Crippen MR) is 55.7 cm³/mol. The van der Waals surface area contributed by atoms with E-state index in [-0.39, 0.29) is 12.3 Å². The molecule has 0 aliphatic carbocycles. The van der Waals surface area contributed by atoms with Gasteiger partial charge in [0, 0.05) is 13.1 Å². The summed E-state index contributed by atoms with van der Waals surface area (Å²) in [4.78, 5) is 24.3. The number of nitrogens with one attached hydrogen (secondary N) is 1. The predicted octanol–water partition coefficient (Wildman–Crippen LogP) is 0.396. The second kappa shape index (κ2) is 4.61. The third kappa shape index (κ3) is 4.29. The van der Waals surface area contributed by atoms with Crippen LogP contribution in [0.5, 0.6) is 0 Å². The Morgan fingerprint density at radius 3 is 2.73 bits per heavy atom. The lowest BCUT2D eigenvalue weighted by molar-refractivity contribution is -0.118. The van der Waals surface area contributed by atoms with Gasteiger partial charge in [-0.15, -0.1) is 0 Å². The fraction of sp³-hybridized carbons (Fsp3) is 0.800. The third-order valence-corrected chi connectivity index (χ3v) is 1.90. The molecule has 1 saturated heterocycles. The van der Waals surface area contributed by atoms with Crippen molar-refractivity contribution in [1.82, 2.24) is 10.2 Å². The van der Waals surface area contributed by atoms with Gasteiger partial charge >= 0.3 is 6.09 Å². The van der Waals surface area contributed by atoms with Gasteiger partial charge in [-0.25, -0.2) is 4.79 Å². The molecule has 0 aromatic carbocycles. The molecule has 0 spiro atoms. The SMILES string of the molecule is CC(C)(C)OC(=O)N1CCNCC(=O)C1. The molecule has 5 heteroatoms. The van der Waals surface area contributed by atoms with E-state index in [1.54, 1.807) is 0 Å². The first kappa shape index (κ1) is 12.0. The van der Waals surface area contributed by atoms with Crippen molar-refractivity contribution in [3.8, 4) is 0 Å². The number of hydrogen-bond donors (Lipinski definition) is 1. The molecule has 1 aliphatic heterocycles. The minimum Gasteiger partial charge on any atom is -0.444 e.